The first-order chi connectivity index (χ1) is 13.0. The Bertz CT molecular complexity index is 615. The number of amides is 2. The Hall–Kier alpha value is -2.46. The Labute approximate surface area is 157 Å². The first-order valence-corrected chi connectivity index (χ1v) is 9.25. The molecular weight excluding hydrogens is 352 g/mol. The Morgan fingerprint density at radius 3 is 2.70 bits per heavy atom. The van der Waals surface area contributed by atoms with E-state index in [4.69, 9.17) is 5.73 Å². The van der Waals surface area contributed by atoms with E-state index in [2.05, 4.69) is 25.9 Å². The molecule has 1 fully saturated rings. The second kappa shape index (κ2) is 10.6. The van der Waals surface area contributed by atoms with Crippen molar-refractivity contribution in [3.8, 4) is 0 Å². The fourth-order valence-corrected chi connectivity index (χ4v) is 3.03. The molecule has 0 unspecified atom stereocenters. The van der Waals surface area contributed by atoms with E-state index in [1.54, 1.807) is 0 Å². The monoisotopic (exact) mass is 380 g/mol. The van der Waals surface area contributed by atoms with Crippen molar-refractivity contribution in [1.82, 2.24) is 25.9 Å². The highest BCUT2D eigenvalue weighted by atomic mass is 16.4. The summed E-state index contributed by atoms with van der Waals surface area (Å²) in [4.78, 5) is 43.2. The van der Waals surface area contributed by atoms with Gasteiger partial charge in [-0.3, -0.25) is 9.59 Å². The van der Waals surface area contributed by atoms with Gasteiger partial charge in [0.2, 0.25) is 11.8 Å². The lowest BCUT2D eigenvalue weighted by Crippen LogP contribution is -2.54. The van der Waals surface area contributed by atoms with Crippen LogP contribution in [0.15, 0.2) is 12.5 Å². The summed E-state index contributed by atoms with van der Waals surface area (Å²) < 4.78 is 0. The number of carboxylic acid groups (broad SMARTS) is 1. The van der Waals surface area contributed by atoms with Gasteiger partial charge in [-0.2, -0.15) is 0 Å². The molecule has 1 aromatic rings. The zero-order chi connectivity index (χ0) is 19.6. The summed E-state index contributed by atoms with van der Waals surface area (Å²) in [5, 5.41) is 17.8. The van der Waals surface area contributed by atoms with Crippen molar-refractivity contribution in [3.05, 3.63) is 18.2 Å². The number of H-pyrrole nitrogens is 1. The molecule has 0 saturated carbocycles. The Balaban J connectivity index is 1.98. The summed E-state index contributed by atoms with van der Waals surface area (Å²) in [5.41, 5.74) is 6.10. The molecule has 7 N–H and O–H groups in total. The fraction of sp³-hybridized carbons (Fsp3) is 0.647. The van der Waals surface area contributed by atoms with Crippen LogP contribution in [-0.4, -0.2) is 64.1 Å². The second-order valence-electron chi connectivity index (χ2n) is 6.67. The highest BCUT2D eigenvalue weighted by Gasteiger charge is 2.29. The van der Waals surface area contributed by atoms with Crippen LogP contribution in [0.4, 0.5) is 0 Å². The molecule has 10 nitrogen and oxygen atoms in total. The molecule has 1 saturated heterocycles. The van der Waals surface area contributed by atoms with Gasteiger partial charge < -0.3 is 31.8 Å². The molecule has 27 heavy (non-hydrogen) atoms. The number of unbranched alkanes of at least 4 members (excludes halogenated alkanes) is 1. The van der Waals surface area contributed by atoms with Crippen LogP contribution in [0.2, 0.25) is 0 Å². The topological polar surface area (TPSA) is 162 Å². The molecular formula is C17H28N6O4. The zero-order valence-electron chi connectivity index (χ0n) is 15.2. The lowest BCUT2D eigenvalue weighted by Gasteiger charge is -2.22. The van der Waals surface area contributed by atoms with E-state index in [9.17, 15) is 19.5 Å². The summed E-state index contributed by atoms with van der Waals surface area (Å²) >= 11 is 0. The van der Waals surface area contributed by atoms with Crippen molar-refractivity contribution in [2.24, 2.45) is 5.73 Å². The van der Waals surface area contributed by atoms with E-state index in [0.29, 0.717) is 25.1 Å². The first kappa shape index (κ1) is 20.8. The highest BCUT2D eigenvalue weighted by Crippen LogP contribution is 2.08. The van der Waals surface area contributed by atoms with Crippen LogP contribution in [-0.2, 0) is 20.8 Å². The maximum Gasteiger partial charge on any atom is 0.326 e. The molecule has 3 atom stereocenters. The summed E-state index contributed by atoms with van der Waals surface area (Å²) in [5.74, 6) is -1.89. The van der Waals surface area contributed by atoms with Crippen LogP contribution >= 0.6 is 0 Å². The van der Waals surface area contributed by atoms with Crippen LogP contribution in [0, 0.1) is 0 Å². The van der Waals surface area contributed by atoms with Crippen LogP contribution < -0.4 is 21.7 Å². The summed E-state index contributed by atoms with van der Waals surface area (Å²) in [7, 11) is 0. The zero-order valence-corrected chi connectivity index (χ0v) is 15.2. The molecule has 1 aliphatic rings. The second-order valence-corrected chi connectivity index (χ2v) is 6.67. The number of carbonyl (C=O) groups excluding carboxylic acids is 2. The number of rotatable bonds is 11. The van der Waals surface area contributed by atoms with Crippen LogP contribution in [0.5, 0.6) is 0 Å². The summed E-state index contributed by atoms with van der Waals surface area (Å²) in [6, 6.07) is -2.22. The minimum atomic E-state index is -1.15. The quantitative estimate of drug-likeness (QED) is 0.265. The van der Waals surface area contributed by atoms with Gasteiger partial charge in [-0.15, -0.1) is 0 Å². The third kappa shape index (κ3) is 6.65. The SMILES string of the molecule is NCCCC[C@H](NC(=O)[C@@H]1CCCN1)C(=O)N[C@@H](Cc1cnc[nH]1)C(=O)O. The van der Waals surface area contributed by atoms with Gasteiger partial charge in [0, 0.05) is 18.3 Å². The molecule has 0 aliphatic carbocycles. The molecule has 0 spiro atoms. The minimum absolute atomic E-state index is 0.0781. The highest BCUT2D eigenvalue weighted by molar-refractivity contribution is 5.91. The number of carboxylic acids is 1. The fourth-order valence-electron chi connectivity index (χ4n) is 3.03. The van der Waals surface area contributed by atoms with Gasteiger partial charge in [0.1, 0.15) is 12.1 Å². The van der Waals surface area contributed by atoms with Gasteiger partial charge in [0.05, 0.1) is 12.4 Å². The normalized spacial score (nSPS) is 18.6. The average Bonchev–Trinajstić information content (AvgIpc) is 3.34. The van der Waals surface area contributed by atoms with Crippen LogP contribution in [0.3, 0.4) is 0 Å². The molecule has 0 bridgehead atoms. The Kier molecular flexibility index (Phi) is 8.21. The van der Waals surface area contributed by atoms with E-state index >= 15 is 0 Å². The number of hydrogen-bond donors (Lipinski definition) is 6. The Morgan fingerprint density at radius 1 is 1.30 bits per heavy atom. The number of hydrogen-bond acceptors (Lipinski definition) is 6. The van der Waals surface area contributed by atoms with Gasteiger partial charge >= 0.3 is 5.97 Å². The predicted molar refractivity (Wildman–Crippen MR) is 97.7 cm³/mol. The third-order valence-corrected chi connectivity index (χ3v) is 4.55. The van der Waals surface area contributed by atoms with Crippen molar-refractivity contribution in [2.45, 2.75) is 56.7 Å². The van der Waals surface area contributed by atoms with E-state index in [0.717, 1.165) is 25.8 Å². The molecule has 10 heteroatoms. The number of aromatic nitrogens is 2. The van der Waals surface area contributed by atoms with Gasteiger partial charge in [-0.1, -0.05) is 0 Å². The van der Waals surface area contributed by atoms with E-state index in [1.807, 2.05) is 0 Å². The molecule has 2 heterocycles. The number of aromatic amines is 1. The molecule has 1 aliphatic heterocycles. The molecule has 2 amide bonds. The van der Waals surface area contributed by atoms with Gasteiger partial charge in [-0.05, 0) is 45.2 Å². The van der Waals surface area contributed by atoms with Crippen molar-refractivity contribution >= 4 is 17.8 Å². The van der Waals surface area contributed by atoms with Gasteiger partial charge in [-0.25, -0.2) is 9.78 Å². The maximum absolute atomic E-state index is 12.7. The molecule has 2 rings (SSSR count). The van der Waals surface area contributed by atoms with Crippen molar-refractivity contribution < 1.29 is 19.5 Å². The molecule has 150 valence electrons. The van der Waals surface area contributed by atoms with Crippen LogP contribution in [0.1, 0.15) is 37.8 Å². The number of imidazole rings is 1. The lowest BCUT2D eigenvalue weighted by atomic mass is 10.1. The minimum Gasteiger partial charge on any atom is -0.480 e. The van der Waals surface area contributed by atoms with Crippen molar-refractivity contribution in [1.29, 1.82) is 0 Å². The smallest absolute Gasteiger partial charge is 0.326 e. The summed E-state index contributed by atoms with van der Waals surface area (Å²) in [6.07, 6.45) is 6.44. The van der Waals surface area contributed by atoms with Crippen LogP contribution in [0.25, 0.3) is 0 Å². The molecule has 1 aromatic heterocycles. The van der Waals surface area contributed by atoms with Crippen molar-refractivity contribution in [3.63, 3.8) is 0 Å². The molecule has 0 radical (unpaired) electrons. The van der Waals surface area contributed by atoms with E-state index in [-0.39, 0.29) is 18.4 Å². The number of nitrogens with two attached hydrogens (primary N) is 1. The van der Waals surface area contributed by atoms with Gasteiger partial charge in [0.25, 0.3) is 0 Å². The summed E-state index contributed by atoms with van der Waals surface area (Å²) in [6.45, 7) is 1.26. The number of nitrogens with one attached hydrogen (secondary N) is 4. The first-order valence-electron chi connectivity index (χ1n) is 9.25. The Morgan fingerprint density at radius 2 is 2.11 bits per heavy atom. The molecule has 0 aromatic carbocycles. The largest absolute Gasteiger partial charge is 0.480 e. The lowest BCUT2D eigenvalue weighted by molar-refractivity contribution is -0.142. The van der Waals surface area contributed by atoms with Crippen molar-refractivity contribution in [2.75, 3.05) is 13.1 Å². The maximum atomic E-state index is 12.7. The van der Waals surface area contributed by atoms with Gasteiger partial charge in [0.15, 0.2) is 0 Å². The average molecular weight is 380 g/mol. The predicted octanol–water partition coefficient (Wildman–Crippen LogP) is -1.11. The standard InChI is InChI=1S/C17H28N6O4/c18-6-2-1-4-13(22-15(24)12-5-3-7-20-12)16(25)23-14(17(26)27)8-11-9-19-10-21-11/h9-10,12-14,20H,1-8,18H2,(H,19,21)(H,22,24)(H,23,25)(H,26,27)/t12-,13-,14-/m0/s1. The number of aliphatic carboxylic acids is 1. The van der Waals surface area contributed by atoms with E-state index < -0.39 is 24.0 Å². The van der Waals surface area contributed by atoms with E-state index in [1.165, 1.54) is 12.5 Å². The number of carbonyl (C=O) groups is 3. The third-order valence-electron chi connectivity index (χ3n) is 4.55. The number of nitrogens with zero attached hydrogens (tertiary/aromatic N) is 1.